The second-order valence-corrected chi connectivity index (χ2v) is 5.91. The van der Waals surface area contributed by atoms with Crippen LogP contribution in [0.3, 0.4) is 0 Å². The van der Waals surface area contributed by atoms with Crippen molar-refractivity contribution < 1.29 is 14.3 Å². The molecular weight excluding hydrogens is 351 g/mol. The molecule has 0 bridgehead atoms. The molecule has 2 aromatic heterocycles. The van der Waals surface area contributed by atoms with E-state index in [0.29, 0.717) is 5.65 Å². The number of nitrogens with zero attached hydrogens (tertiary/aromatic N) is 1. The van der Waals surface area contributed by atoms with E-state index < -0.39 is 5.97 Å². The van der Waals surface area contributed by atoms with E-state index >= 15 is 0 Å². The van der Waals surface area contributed by atoms with Gasteiger partial charge in [0.1, 0.15) is 11.5 Å². The zero-order valence-corrected chi connectivity index (χ0v) is 13.0. The molecule has 0 aliphatic heterocycles. The fraction of sp³-hybridized carbons (Fsp3) is 0.125. The summed E-state index contributed by atoms with van der Waals surface area (Å²) >= 11 is 3.37. The SMILES string of the molecule is O=C(O)CC(c1ccc(F)cc1)c1c[nH]c2ncc(Br)cc12. The third-order valence-electron chi connectivity index (χ3n) is 3.56. The van der Waals surface area contributed by atoms with Gasteiger partial charge in [-0.25, -0.2) is 9.37 Å². The molecule has 2 N–H and O–H groups in total. The lowest BCUT2D eigenvalue weighted by Crippen LogP contribution is -2.07. The molecule has 1 atom stereocenters. The number of fused-ring (bicyclic) bond motifs is 1. The Hall–Kier alpha value is -2.21. The van der Waals surface area contributed by atoms with E-state index in [2.05, 4.69) is 25.9 Å². The highest BCUT2D eigenvalue weighted by atomic mass is 79.9. The number of hydrogen-bond acceptors (Lipinski definition) is 2. The maximum absolute atomic E-state index is 13.1. The second-order valence-electron chi connectivity index (χ2n) is 5.00. The van der Waals surface area contributed by atoms with E-state index in [-0.39, 0.29) is 18.2 Å². The Morgan fingerprint density at radius 2 is 2.09 bits per heavy atom. The van der Waals surface area contributed by atoms with Gasteiger partial charge in [0.05, 0.1) is 6.42 Å². The summed E-state index contributed by atoms with van der Waals surface area (Å²) in [5.74, 6) is -1.63. The molecule has 3 aromatic rings. The highest BCUT2D eigenvalue weighted by Crippen LogP contribution is 2.33. The number of halogens is 2. The highest BCUT2D eigenvalue weighted by molar-refractivity contribution is 9.10. The van der Waals surface area contributed by atoms with Crippen LogP contribution in [0.4, 0.5) is 4.39 Å². The second kappa shape index (κ2) is 5.88. The quantitative estimate of drug-likeness (QED) is 0.734. The van der Waals surface area contributed by atoms with Crippen LogP contribution >= 0.6 is 15.9 Å². The van der Waals surface area contributed by atoms with E-state index in [1.807, 2.05) is 6.07 Å². The fourth-order valence-electron chi connectivity index (χ4n) is 2.56. The number of aromatic amines is 1. The average molecular weight is 363 g/mol. The molecule has 0 amide bonds. The molecule has 6 heteroatoms. The summed E-state index contributed by atoms with van der Waals surface area (Å²) < 4.78 is 13.9. The zero-order chi connectivity index (χ0) is 15.7. The smallest absolute Gasteiger partial charge is 0.304 e. The molecule has 3 rings (SSSR count). The molecule has 2 heterocycles. The van der Waals surface area contributed by atoms with Gasteiger partial charge in [-0.1, -0.05) is 12.1 Å². The number of carbonyl (C=O) groups is 1. The molecule has 0 aliphatic rings. The van der Waals surface area contributed by atoms with Gasteiger partial charge in [0.2, 0.25) is 0 Å². The number of carboxylic acid groups (broad SMARTS) is 1. The van der Waals surface area contributed by atoms with Gasteiger partial charge in [-0.3, -0.25) is 4.79 Å². The van der Waals surface area contributed by atoms with Gasteiger partial charge in [0.25, 0.3) is 0 Å². The molecule has 0 radical (unpaired) electrons. The van der Waals surface area contributed by atoms with Crippen molar-refractivity contribution in [3.05, 3.63) is 64.1 Å². The summed E-state index contributed by atoms with van der Waals surface area (Å²) in [6.07, 6.45) is 3.36. The maximum Gasteiger partial charge on any atom is 0.304 e. The van der Waals surface area contributed by atoms with Gasteiger partial charge in [0, 0.05) is 28.2 Å². The van der Waals surface area contributed by atoms with Crippen LogP contribution in [0.5, 0.6) is 0 Å². The molecule has 4 nitrogen and oxygen atoms in total. The third-order valence-corrected chi connectivity index (χ3v) is 3.99. The predicted octanol–water partition coefficient (Wildman–Crippen LogP) is 4.07. The minimum Gasteiger partial charge on any atom is -0.481 e. The van der Waals surface area contributed by atoms with Crippen molar-refractivity contribution in [2.75, 3.05) is 0 Å². The van der Waals surface area contributed by atoms with Crippen LogP contribution in [0.25, 0.3) is 11.0 Å². The summed E-state index contributed by atoms with van der Waals surface area (Å²) in [6, 6.07) is 7.81. The summed E-state index contributed by atoms with van der Waals surface area (Å²) in [4.78, 5) is 18.6. The summed E-state index contributed by atoms with van der Waals surface area (Å²) in [5, 5.41) is 10.1. The molecule has 0 aliphatic carbocycles. The molecule has 1 unspecified atom stereocenters. The Morgan fingerprint density at radius 1 is 1.36 bits per heavy atom. The Labute approximate surface area is 134 Å². The Bertz CT molecular complexity index is 830. The molecule has 1 aromatic carbocycles. The number of carboxylic acids is 1. The fourth-order valence-corrected chi connectivity index (χ4v) is 2.89. The normalized spacial score (nSPS) is 12.5. The topological polar surface area (TPSA) is 66.0 Å². The van der Waals surface area contributed by atoms with E-state index in [4.69, 9.17) is 0 Å². The van der Waals surface area contributed by atoms with E-state index in [1.165, 1.54) is 12.1 Å². The first-order valence-corrected chi connectivity index (χ1v) is 7.43. The van der Waals surface area contributed by atoms with Gasteiger partial charge in [0.15, 0.2) is 0 Å². The Morgan fingerprint density at radius 3 is 2.77 bits per heavy atom. The first-order chi connectivity index (χ1) is 10.5. The molecule has 0 fully saturated rings. The Balaban J connectivity index is 2.13. The zero-order valence-electron chi connectivity index (χ0n) is 11.4. The lowest BCUT2D eigenvalue weighted by molar-refractivity contribution is -0.137. The number of nitrogens with one attached hydrogen (secondary N) is 1. The van der Waals surface area contributed by atoms with Gasteiger partial charge >= 0.3 is 5.97 Å². The lowest BCUT2D eigenvalue weighted by Gasteiger charge is -2.15. The van der Waals surface area contributed by atoms with Crippen LogP contribution in [0.1, 0.15) is 23.5 Å². The number of aliphatic carboxylic acids is 1. The molecule has 0 saturated carbocycles. The van der Waals surface area contributed by atoms with Gasteiger partial charge in [-0.15, -0.1) is 0 Å². The van der Waals surface area contributed by atoms with E-state index in [0.717, 1.165) is 21.0 Å². The van der Waals surface area contributed by atoms with Gasteiger partial charge < -0.3 is 10.1 Å². The van der Waals surface area contributed by atoms with Crippen molar-refractivity contribution in [3.8, 4) is 0 Å². The predicted molar refractivity (Wildman–Crippen MR) is 84.3 cm³/mol. The standard InChI is InChI=1S/C16H12BrFN2O2/c17-10-5-13-14(8-20-16(13)19-7-10)12(6-15(21)22)9-1-3-11(18)4-2-9/h1-5,7-8,12H,6H2,(H,19,20)(H,21,22). The van der Waals surface area contributed by atoms with Crippen molar-refractivity contribution in [2.45, 2.75) is 12.3 Å². The molecule has 0 spiro atoms. The van der Waals surface area contributed by atoms with E-state index in [1.54, 1.807) is 24.5 Å². The summed E-state index contributed by atoms with van der Waals surface area (Å²) in [6.45, 7) is 0. The summed E-state index contributed by atoms with van der Waals surface area (Å²) in [5.41, 5.74) is 2.28. The van der Waals surface area contributed by atoms with Gasteiger partial charge in [-0.2, -0.15) is 0 Å². The van der Waals surface area contributed by atoms with Gasteiger partial charge in [-0.05, 0) is 45.3 Å². The number of hydrogen-bond donors (Lipinski definition) is 2. The van der Waals surface area contributed by atoms with Crippen LogP contribution < -0.4 is 0 Å². The molecule has 22 heavy (non-hydrogen) atoms. The number of aromatic nitrogens is 2. The van der Waals surface area contributed by atoms with Crippen LogP contribution in [-0.2, 0) is 4.79 Å². The first-order valence-electron chi connectivity index (χ1n) is 6.64. The summed E-state index contributed by atoms with van der Waals surface area (Å²) in [7, 11) is 0. The monoisotopic (exact) mass is 362 g/mol. The average Bonchev–Trinajstić information content (AvgIpc) is 2.88. The van der Waals surface area contributed by atoms with Crippen LogP contribution in [-0.4, -0.2) is 21.0 Å². The third kappa shape index (κ3) is 2.87. The van der Waals surface area contributed by atoms with Crippen molar-refractivity contribution >= 4 is 32.9 Å². The number of rotatable bonds is 4. The maximum atomic E-state index is 13.1. The van der Waals surface area contributed by atoms with Crippen molar-refractivity contribution in [1.29, 1.82) is 0 Å². The number of benzene rings is 1. The van der Waals surface area contributed by atoms with E-state index in [9.17, 15) is 14.3 Å². The number of H-pyrrole nitrogens is 1. The number of pyridine rings is 1. The van der Waals surface area contributed by atoms with Crippen molar-refractivity contribution in [2.24, 2.45) is 0 Å². The first kappa shape index (κ1) is 14.7. The molecule has 0 saturated heterocycles. The highest BCUT2D eigenvalue weighted by Gasteiger charge is 2.21. The van der Waals surface area contributed by atoms with Crippen molar-refractivity contribution in [1.82, 2.24) is 9.97 Å². The minimum absolute atomic E-state index is 0.0783. The van der Waals surface area contributed by atoms with Crippen LogP contribution in [0, 0.1) is 5.82 Å². The minimum atomic E-state index is -0.911. The lowest BCUT2D eigenvalue weighted by atomic mass is 9.88. The van der Waals surface area contributed by atoms with Crippen LogP contribution in [0.15, 0.2) is 47.2 Å². The Kier molecular flexibility index (Phi) is 3.94. The molecular formula is C16H12BrFN2O2. The molecule has 112 valence electrons. The largest absolute Gasteiger partial charge is 0.481 e. The van der Waals surface area contributed by atoms with Crippen LogP contribution in [0.2, 0.25) is 0 Å². The van der Waals surface area contributed by atoms with Crippen molar-refractivity contribution in [3.63, 3.8) is 0 Å².